The molecule has 0 aliphatic heterocycles. The van der Waals surface area contributed by atoms with Gasteiger partial charge in [0.1, 0.15) is 5.75 Å². The van der Waals surface area contributed by atoms with Crippen molar-refractivity contribution >= 4 is 5.69 Å². The second-order valence-electron chi connectivity index (χ2n) is 5.22. The molecule has 0 aromatic heterocycles. The van der Waals surface area contributed by atoms with E-state index in [1.807, 2.05) is 32.0 Å². The van der Waals surface area contributed by atoms with E-state index in [1.54, 1.807) is 0 Å². The lowest BCUT2D eigenvalue weighted by Crippen LogP contribution is -2.24. The predicted molar refractivity (Wildman–Crippen MR) is 71.4 cm³/mol. The zero-order valence-electron chi connectivity index (χ0n) is 10.7. The second-order valence-corrected chi connectivity index (χ2v) is 5.22. The first-order valence-electron chi connectivity index (χ1n) is 6.35. The van der Waals surface area contributed by atoms with Crippen LogP contribution in [0, 0.1) is 5.41 Å². The lowest BCUT2D eigenvalue weighted by Gasteiger charge is -2.18. The van der Waals surface area contributed by atoms with Gasteiger partial charge in [-0.05, 0) is 50.8 Å². The quantitative estimate of drug-likeness (QED) is 0.795. The molecule has 1 saturated carbocycles. The Bertz CT molecular complexity index is 372. The molecule has 0 spiro atoms. The van der Waals surface area contributed by atoms with Crippen LogP contribution in [0.5, 0.6) is 5.75 Å². The Kier molecular flexibility index (Phi) is 3.57. The monoisotopic (exact) mass is 234 g/mol. The minimum absolute atomic E-state index is 0.197. The second kappa shape index (κ2) is 4.96. The molecule has 1 fully saturated rings. The van der Waals surface area contributed by atoms with Gasteiger partial charge < -0.3 is 15.8 Å². The number of anilines is 1. The Morgan fingerprint density at radius 3 is 2.65 bits per heavy atom. The number of para-hydroxylation sites is 2. The molecule has 3 N–H and O–H groups in total. The summed E-state index contributed by atoms with van der Waals surface area (Å²) >= 11 is 0. The first kappa shape index (κ1) is 12.2. The van der Waals surface area contributed by atoms with Crippen LogP contribution in [0.1, 0.15) is 26.7 Å². The molecular formula is C14H22N2O. The van der Waals surface area contributed by atoms with Gasteiger partial charge in [-0.25, -0.2) is 0 Å². The molecular weight excluding hydrogens is 212 g/mol. The van der Waals surface area contributed by atoms with Crippen molar-refractivity contribution in [1.29, 1.82) is 0 Å². The highest BCUT2D eigenvalue weighted by molar-refractivity contribution is 5.56. The molecule has 0 amide bonds. The fraction of sp³-hybridized carbons (Fsp3) is 0.571. The third kappa shape index (κ3) is 3.13. The molecule has 0 saturated heterocycles. The van der Waals surface area contributed by atoms with Gasteiger partial charge in [-0.15, -0.1) is 0 Å². The summed E-state index contributed by atoms with van der Waals surface area (Å²) in [7, 11) is 0. The Morgan fingerprint density at radius 2 is 2.06 bits per heavy atom. The molecule has 1 aromatic rings. The van der Waals surface area contributed by atoms with E-state index in [2.05, 4.69) is 11.4 Å². The number of hydrogen-bond donors (Lipinski definition) is 2. The van der Waals surface area contributed by atoms with E-state index in [0.717, 1.165) is 24.5 Å². The molecule has 1 aliphatic rings. The van der Waals surface area contributed by atoms with Gasteiger partial charge in [0.15, 0.2) is 0 Å². The molecule has 0 heterocycles. The normalized spacial score (nSPS) is 16.9. The summed E-state index contributed by atoms with van der Waals surface area (Å²) in [4.78, 5) is 0. The standard InChI is InChI=1S/C14H22N2O/c1-11(2)17-13-6-4-3-5-12(13)16-10-14(9-15)7-8-14/h3-6,11,16H,7-10,15H2,1-2H3. The molecule has 0 radical (unpaired) electrons. The minimum atomic E-state index is 0.197. The molecule has 0 unspecified atom stereocenters. The van der Waals surface area contributed by atoms with E-state index >= 15 is 0 Å². The van der Waals surface area contributed by atoms with Crippen molar-refractivity contribution in [2.24, 2.45) is 11.1 Å². The third-order valence-electron chi connectivity index (χ3n) is 3.29. The Balaban J connectivity index is 1.99. The number of hydrogen-bond acceptors (Lipinski definition) is 3. The maximum atomic E-state index is 5.78. The van der Waals surface area contributed by atoms with Crippen molar-refractivity contribution in [2.45, 2.75) is 32.8 Å². The van der Waals surface area contributed by atoms with Gasteiger partial charge in [0.05, 0.1) is 11.8 Å². The molecule has 3 heteroatoms. The SMILES string of the molecule is CC(C)Oc1ccccc1NCC1(CN)CC1. The number of rotatable bonds is 6. The van der Waals surface area contributed by atoms with E-state index < -0.39 is 0 Å². The summed E-state index contributed by atoms with van der Waals surface area (Å²) in [5.41, 5.74) is 7.19. The Hall–Kier alpha value is -1.22. The fourth-order valence-electron chi connectivity index (χ4n) is 1.88. The van der Waals surface area contributed by atoms with Crippen LogP contribution in [0.15, 0.2) is 24.3 Å². The zero-order chi connectivity index (χ0) is 12.3. The molecule has 94 valence electrons. The highest BCUT2D eigenvalue weighted by Crippen LogP contribution is 2.44. The van der Waals surface area contributed by atoms with Gasteiger partial charge in [-0.3, -0.25) is 0 Å². The average molecular weight is 234 g/mol. The first-order chi connectivity index (χ1) is 8.15. The summed E-state index contributed by atoms with van der Waals surface area (Å²) in [6.45, 7) is 5.80. The van der Waals surface area contributed by atoms with Gasteiger partial charge in [-0.1, -0.05) is 12.1 Å². The lowest BCUT2D eigenvalue weighted by atomic mass is 10.1. The molecule has 3 nitrogen and oxygen atoms in total. The Morgan fingerprint density at radius 1 is 1.35 bits per heavy atom. The van der Waals surface area contributed by atoms with Crippen molar-refractivity contribution in [2.75, 3.05) is 18.4 Å². The third-order valence-corrected chi connectivity index (χ3v) is 3.29. The van der Waals surface area contributed by atoms with Crippen LogP contribution in [0.2, 0.25) is 0 Å². The van der Waals surface area contributed by atoms with Crippen molar-refractivity contribution < 1.29 is 4.74 Å². The molecule has 17 heavy (non-hydrogen) atoms. The fourth-order valence-corrected chi connectivity index (χ4v) is 1.88. The average Bonchev–Trinajstić information content (AvgIpc) is 3.08. The molecule has 0 atom stereocenters. The van der Waals surface area contributed by atoms with Crippen molar-refractivity contribution in [3.05, 3.63) is 24.3 Å². The zero-order valence-corrected chi connectivity index (χ0v) is 10.7. The van der Waals surface area contributed by atoms with Gasteiger partial charge >= 0.3 is 0 Å². The predicted octanol–water partition coefficient (Wildman–Crippen LogP) is 2.62. The number of nitrogens with one attached hydrogen (secondary N) is 1. The van der Waals surface area contributed by atoms with E-state index in [4.69, 9.17) is 10.5 Å². The summed E-state index contributed by atoms with van der Waals surface area (Å²) in [6.07, 6.45) is 2.68. The van der Waals surface area contributed by atoms with Crippen molar-refractivity contribution in [3.63, 3.8) is 0 Å². The van der Waals surface area contributed by atoms with E-state index in [-0.39, 0.29) is 6.10 Å². The smallest absolute Gasteiger partial charge is 0.142 e. The topological polar surface area (TPSA) is 47.3 Å². The Labute approximate surface area is 103 Å². The van der Waals surface area contributed by atoms with Gasteiger partial charge in [0.2, 0.25) is 0 Å². The van der Waals surface area contributed by atoms with Crippen LogP contribution in [0.3, 0.4) is 0 Å². The highest BCUT2D eigenvalue weighted by atomic mass is 16.5. The van der Waals surface area contributed by atoms with E-state index in [0.29, 0.717) is 5.41 Å². The van der Waals surface area contributed by atoms with Crippen LogP contribution in [-0.4, -0.2) is 19.2 Å². The maximum absolute atomic E-state index is 5.78. The van der Waals surface area contributed by atoms with Crippen molar-refractivity contribution in [3.8, 4) is 5.75 Å². The van der Waals surface area contributed by atoms with Gasteiger partial charge in [-0.2, -0.15) is 0 Å². The van der Waals surface area contributed by atoms with Gasteiger partial charge in [0.25, 0.3) is 0 Å². The van der Waals surface area contributed by atoms with Crippen LogP contribution in [0.25, 0.3) is 0 Å². The minimum Gasteiger partial charge on any atom is -0.489 e. The van der Waals surface area contributed by atoms with Gasteiger partial charge in [0, 0.05) is 6.54 Å². The van der Waals surface area contributed by atoms with Crippen LogP contribution < -0.4 is 15.8 Å². The van der Waals surface area contributed by atoms with Crippen LogP contribution in [0.4, 0.5) is 5.69 Å². The summed E-state index contributed by atoms with van der Waals surface area (Å²) in [6, 6.07) is 8.09. The number of ether oxygens (including phenoxy) is 1. The van der Waals surface area contributed by atoms with Crippen LogP contribution in [-0.2, 0) is 0 Å². The number of benzene rings is 1. The van der Waals surface area contributed by atoms with E-state index in [9.17, 15) is 0 Å². The van der Waals surface area contributed by atoms with Crippen molar-refractivity contribution in [1.82, 2.24) is 0 Å². The number of nitrogens with two attached hydrogens (primary N) is 1. The summed E-state index contributed by atoms with van der Waals surface area (Å²) in [5.74, 6) is 0.926. The summed E-state index contributed by atoms with van der Waals surface area (Å²) < 4.78 is 5.77. The highest BCUT2D eigenvalue weighted by Gasteiger charge is 2.40. The molecule has 1 aliphatic carbocycles. The first-order valence-corrected chi connectivity index (χ1v) is 6.35. The maximum Gasteiger partial charge on any atom is 0.142 e. The lowest BCUT2D eigenvalue weighted by molar-refractivity contribution is 0.243. The molecule has 1 aromatic carbocycles. The van der Waals surface area contributed by atoms with Crippen LogP contribution >= 0.6 is 0 Å². The molecule has 0 bridgehead atoms. The largest absolute Gasteiger partial charge is 0.489 e. The molecule has 2 rings (SSSR count). The van der Waals surface area contributed by atoms with E-state index in [1.165, 1.54) is 12.8 Å². The summed E-state index contributed by atoms with van der Waals surface area (Å²) in [5, 5.41) is 3.47.